The first kappa shape index (κ1) is 17.0. The van der Waals surface area contributed by atoms with E-state index in [1.165, 1.54) is 0 Å². The number of nitrogens with one attached hydrogen (secondary N) is 1. The normalized spacial score (nSPS) is 12.7. The summed E-state index contributed by atoms with van der Waals surface area (Å²) >= 11 is 12.3. The van der Waals surface area contributed by atoms with Crippen molar-refractivity contribution in [2.45, 2.75) is 19.5 Å². The van der Waals surface area contributed by atoms with Crippen LogP contribution in [0.5, 0.6) is 0 Å². The minimum absolute atomic E-state index is 0.0858. The number of para-hydroxylation sites is 1. The molecule has 0 bridgehead atoms. The van der Waals surface area contributed by atoms with Crippen molar-refractivity contribution in [2.24, 2.45) is 0 Å². The quantitative estimate of drug-likeness (QED) is 0.747. The van der Waals surface area contributed by atoms with E-state index in [9.17, 15) is 4.79 Å². The van der Waals surface area contributed by atoms with Gasteiger partial charge in [-0.1, -0.05) is 47.5 Å². The largest absolute Gasteiger partial charge is 0.309 e. The van der Waals surface area contributed by atoms with E-state index in [-0.39, 0.29) is 11.6 Å². The minimum atomic E-state index is -0.128. The van der Waals surface area contributed by atoms with E-state index in [1.807, 2.05) is 44.3 Å². The summed E-state index contributed by atoms with van der Waals surface area (Å²) in [5.41, 5.74) is 1.50. The maximum absolute atomic E-state index is 12.2. The molecule has 3 rings (SSSR count). The van der Waals surface area contributed by atoms with Gasteiger partial charge in [0.05, 0.1) is 27.0 Å². The molecular weight excluding hydrogens is 345 g/mol. The van der Waals surface area contributed by atoms with Crippen LogP contribution in [0.3, 0.4) is 0 Å². The standard InChI is InChI=1S/C18H17Cl2N3O/c1-11(23(2)10-12-6-5-8-14(19)16(12)20)17-21-15-9-4-3-7-13(15)18(24)22-17/h3-9,11H,10H2,1-2H3,(H,21,22,24)/t11-/m1/s1. The molecule has 0 aliphatic rings. The first-order valence-corrected chi connectivity index (χ1v) is 8.35. The van der Waals surface area contributed by atoms with Crippen LogP contribution in [0.2, 0.25) is 10.0 Å². The van der Waals surface area contributed by atoms with Gasteiger partial charge >= 0.3 is 0 Å². The maximum Gasteiger partial charge on any atom is 0.258 e. The summed E-state index contributed by atoms with van der Waals surface area (Å²) < 4.78 is 0. The van der Waals surface area contributed by atoms with E-state index < -0.39 is 0 Å². The van der Waals surface area contributed by atoms with E-state index in [0.717, 1.165) is 5.56 Å². The SMILES string of the molecule is C[C@H](c1nc2ccccc2c(=O)[nH]1)N(C)Cc1cccc(Cl)c1Cl. The second-order valence-corrected chi connectivity index (χ2v) is 6.56. The summed E-state index contributed by atoms with van der Waals surface area (Å²) in [5.74, 6) is 0.624. The lowest BCUT2D eigenvalue weighted by Gasteiger charge is -2.24. The van der Waals surface area contributed by atoms with Crippen LogP contribution in [0.25, 0.3) is 10.9 Å². The van der Waals surface area contributed by atoms with Gasteiger partial charge in [0.15, 0.2) is 0 Å². The maximum atomic E-state index is 12.2. The molecule has 0 spiro atoms. The highest BCUT2D eigenvalue weighted by Crippen LogP contribution is 2.28. The van der Waals surface area contributed by atoms with E-state index in [4.69, 9.17) is 23.2 Å². The second kappa shape index (κ2) is 6.93. The Morgan fingerprint density at radius 3 is 2.71 bits per heavy atom. The molecule has 0 amide bonds. The fourth-order valence-electron chi connectivity index (χ4n) is 2.59. The Labute approximate surface area is 150 Å². The average Bonchev–Trinajstić information content (AvgIpc) is 2.58. The predicted molar refractivity (Wildman–Crippen MR) is 98.7 cm³/mol. The smallest absolute Gasteiger partial charge is 0.258 e. The van der Waals surface area contributed by atoms with E-state index in [2.05, 4.69) is 14.9 Å². The molecule has 0 unspecified atom stereocenters. The fraction of sp³-hybridized carbons (Fsp3) is 0.222. The molecule has 2 aromatic carbocycles. The summed E-state index contributed by atoms with van der Waals surface area (Å²) in [6, 6.07) is 12.8. The van der Waals surface area contributed by atoms with Crippen LogP contribution < -0.4 is 5.56 Å². The van der Waals surface area contributed by atoms with Crippen molar-refractivity contribution in [3.8, 4) is 0 Å². The molecular formula is C18H17Cl2N3O. The molecule has 0 aliphatic carbocycles. The zero-order valence-corrected chi connectivity index (χ0v) is 14.9. The number of hydrogen-bond acceptors (Lipinski definition) is 3. The molecule has 0 radical (unpaired) electrons. The van der Waals surface area contributed by atoms with Gasteiger partial charge in [-0.3, -0.25) is 9.69 Å². The van der Waals surface area contributed by atoms with Gasteiger partial charge in [0, 0.05) is 6.54 Å². The Balaban J connectivity index is 1.89. The van der Waals surface area contributed by atoms with Crippen LogP contribution in [-0.4, -0.2) is 21.9 Å². The monoisotopic (exact) mass is 361 g/mol. The van der Waals surface area contributed by atoms with Crippen molar-refractivity contribution in [3.63, 3.8) is 0 Å². The van der Waals surface area contributed by atoms with Gasteiger partial charge in [0.1, 0.15) is 5.82 Å². The lowest BCUT2D eigenvalue weighted by Crippen LogP contribution is -2.26. The van der Waals surface area contributed by atoms with Crippen LogP contribution in [0.4, 0.5) is 0 Å². The Morgan fingerprint density at radius 2 is 1.92 bits per heavy atom. The van der Waals surface area contributed by atoms with Gasteiger partial charge in [-0.25, -0.2) is 4.98 Å². The summed E-state index contributed by atoms with van der Waals surface area (Å²) in [4.78, 5) is 21.7. The van der Waals surface area contributed by atoms with Gasteiger partial charge in [-0.15, -0.1) is 0 Å². The Bertz CT molecular complexity index is 939. The molecule has 3 aromatic rings. The molecule has 24 heavy (non-hydrogen) atoms. The van der Waals surface area contributed by atoms with Crippen molar-refractivity contribution in [2.75, 3.05) is 7.05 Å². The summed E-state index contributed by atoms with van der Waals surface area (Å²) in [6.07, 6.45) is 0. The molecule has 4 nitrogen and oxygen atoms in total. The van der Waals surface area contributed by atoms with Crippen LogP contribution in [0.15, 0.2) is 47.3 Å². The van der Waals surface area contributed by atoms with Gasteiger partial charge in [0.2, 0.25) is 0 Å². The predicted octanol–water partition coefficient (Wildman–Crippen LogP) is 4.42. The Hall–Kier alpha value is -1.88. The number of rotatable bonds is 4. The number of benzene rings is 2. The fourth-order valence-corrected chi connectivity index (χ4v) is 2.97. The molecule has 124 valence electrons. The summed E-state index contributed by atoms with van der Waals surface area (Å²) in [6.45, 7) is 2.59. The molecule has 0 fully saturated rings. The van der Waals surface area contributed by atoms with Crippen molar-refractivity contribution in [1.29, 1.82) is 0 Å². The van der Waals surface area contributed by atoms with Crippen molar-refractivity contribution in [3.05, 3.63) is 74.3 Å². The number of fused-ring (bicyclic) bond motifs is 1. The molecule has 1 N–H and O–H groups in total. The first-order chi connectivity index (χ1) is 11.5. The average molecular weight is 362 g/mol. The summed E-state index contributed by atoms with van der Waals surface area (Å²) in [7, 11) is 1.96. The highest BCUT2D eigenvalue weighted by Gasteiger charge is 2.17. The van der Waals surface area contributed by atoms with Gasteiger partial charge in [0.25, 0.3) is 5.56 Å². The minimum Gasteiger partial charge on any atom is -0.309 e. The third-order valence-corrected chi connectivity index (χ3v) is 5.00. The number of hydrogen-bond donors (Lipinski definition) is 1. The number of aromatic nitrogens is 2. The second-order valence-electron chi connectivity index (χ2n) is 5.77. The third kappa shape index (κ3) is 3.31. The van der Waals surface area contributed by atoms with Crippen LogP contribution in [0.1, 0.15) is 24.4 Å². The zero-order chi connectivity index (χ0) is 17.3. The van der Waals surface area contributed by atoms with Crippen molar-refractivity contribution >= 4 is 34.1 Å². The van der Waals surface area contributed by atoms with Crippen LogP contribution in [0, 0.1) is 0 Å². The zero-order valence-electron chi connectivity index (χ0n) is 13.4. The highest BCUT2D eigenvalue weighted by atomic mass is 35.5. The van der Waals surface area contributed by atoms with Gasteiger partial charge in [-0.2, -0.15) is 0 Å². The Morgan fingerprint density at radius 1 is 1.17 bits per heavy atom. The molecule has 1 aromatic heterocycles. The van der Waals surface area contributed by atoms with E-state index >= 15 is 0 Å². The Kier molecular flexibility index (Phi) is 4.90. The summed E-state index contributed by atoms with van der Waals surface area (Å²) in [5, 5.41) is 1.68. The molecule has 6 heteroatoms. The van der Waals surface area contributed by atoms with Gasteiger partial charge < -0.3 is 4.98 Å². The lowest BCUT2D eigenvalue weighted by molar-refractivity contribution is 0.244. The highest BCUT2D eigenvalue weighted by molar-refractivity contribution is 6.42. The van der Waals surface area contributed by atoms with E-state index in [0.29, 0.717) is 33.3 Å². The molecule has 0 saturated heterocycles. The van der Waals surface area contributed by atoms with Crippen LogP contribution in [-0.2, 0) is 6.54 Å². The topological polar surface area (TPSA) is 49.0 Å². The molecule has 0 aliphatic heterocycles. The number of aromatic amines is 1. The van der Waals surface area contributed by atoms with Gasteiger partial charge in [-0.05, 0) is 37.7 Å². The number of H-pyrrole nitrogens is 1. The number of nitrogens with zero attached hydrogens (tertiary/aromatic N) is 2. The lowest BCUT2D eigenvalue weighted by atomic mass is 10.1. The number of halogens is 2. The van der Waals surface area contributed by atoms with E-state index in [1.54, 1.807) is 12.1 Å². The first-order valence-electron chi connectivity index (χ1n) is 7.59. The third-order valence-electron chi connectivity index (χ3n) is 4.14. The van der Waals surface area contributed by atoms with Crippen molar-refractivity contribution < 1.29 is 0 Å². The molecule has 1 atom stereocenters. The van der Waals surface area contributed by atoms with Crippen molar-refractivity contribution in [1.82, 2.24) is 14.9 Å². The molecule has 0 saturated carbocycles. The molecule has 1 heterocycles. The van der Waals surface area contributed by atoms with Crippen LogP contribution >= 0.6 is 23.2 Å².